The third-order valence-corrected chi connectivity index (χ3v) is 7.75. The average Bonchev–Trinajstić information content (AvgIpc) is 2.79. The first-order valence-corrected chi connectivity index (χ1v) is 13.6. The molecule has 1 fully saturated rings. The molecule has 1 aliphatic rings. The van der Waals surface area contributed by atoms with Gasteiger partial charge in [0.25, 0.3) is 0 Å². The fraction of sp³-hybridized carbons (Fsp3) is 0.423. The zero-order chi connectivity index (χ0) is 26.3. The van der Waals surface area contributed by atoms with Crippen LogP contribution in [0.15, 0.2) is 60.7 Å². The van der Waals surface area contributed by atoms with Crippen molar-refractivity contribution in [1.29, 1.82) is 0 Å². The van der Waals surface area contributed by atoms with Crippen LogP contribution in [0, 0.1) is 0 Å². The summed E-state index contributed by atoms with van der Waals surface area (Å²) in [7, 11) is -3.51. The van der Waals surface area contributed by atoms with Crippen molar-refractivity contribution in [3.8, 4) is 0 Å². The van der Waals surface area contributed by atoms with Crippen LogP contribution in [0.1, 0.15) is 38.8 Å². The van der Waals surface area contributed by atoms with E-state index in [0.717, 1.165) is 11.1 Å². The number of ether oxygens (including phenoxy) is 4. The minimum Gasteiger partial charge on any atom is -0.456 e. The predicted molar refractivity (Wildman–Crippen MR) is 130 cm³/mol. The molecule has 0 radical (unpaired) electrons. The van der Waals surface area contributed by atoms with Crippen LogP contribution in [0.2, 0.25) is 0 Å². The third kappa shape index (κ3) is 7.75. The lowest BCUT2D eigenvalue weighted by Gasteiger charge is -2.44. The molecule has 1 heterocycles. The Morgan fingerprint density at radius 2 is 1.14 bits per heavy atom. The van der Waals surface area contributed by atoms with Crippen LogP contribution >= 0.6 is 7.37 Å². The van der Waals surface area contributed by atoms with Crippen molar-refractivity contribution in [2.75, 3.05) is 0 Å². The van der Waals surface area contributed by atoms with E-state index in [1.165, 1.54) is 20.8 Å². The molecule has 3 rings (SSSR count). The van der Waals surface area contributed by atoms with Gasteiger partial charge in [-0.25, -0.2) is 0 Å². The molecule has 1 unspecified atom stereocenters. The van der Waals surface area contributed by atoms with Gasteiger partial charge in [0, 0.05) is 20.8 Å². The lowest BCUT2D eigenvalue weighted by Crippen LogP contribution is -2.61. The Hall–Kier alpha value is -3.00. The maximum Gasteiger partial charge on any atom is 0.303 e. The smallest absolute Gasteiger partial charge is 0.303 e. The molecule has 0 saturated carbocycles. The molecule has 5 atom stereocenters. The molecule has 194 valence electrons. The molecular formula is C26H31O9P. The van der Waals surface area contributed by atoms with Gasteiger partial charge in [-0.2, -0.15) is 0 Å². The van der Waals surface area contributed by atoms with E-state index in [4.69, 9.17) is 23.5 Å². The summed E-state index contributed by atoms with van der Waals surface area (Å²) in [5, 5.41) is 0. The number of hydrogen-bond acceptors (Lipinski definition) is 9. The molecule has 0 amide bonds. The van der Waals surface area contributed by atoms with E-state index < -0.39 is 56.0 Å². The zero-order valence-electron chi connectivity index (χ0n) is 20.7. The molecular weight excluding hydrogens is 487 g/mol. The quantitative estimate of drug-likeness (QED) is 0.273. The highest BCUT2D eigenvalue weighted by Gasteiger charge is 2.52. The van der Waals surface area contributed by atoms with Gasteiger partial charge in [0.15, 0.2) is 18.3 Å². The predicted octanol–water partition coefficient (Wildman–Crippen LogP) is 4.22. The first-order valence-electron chi connectivity index (χ1n) is 11.6. The lowest BCUT2D eigenvalue weighted by molar-refractivity contribution is -0.280. The van der Waals surface area contributed by atoms with Gasteiger partial charge in [-0.3, -0.25) is 23.5 Å². The van der Waals surface area contributed by atoms with Crippen molar-refractivity contribution in [1.82, 2.24) is 0 Å². The van der Waals surface area contributed by atoms with E-state index in [9.17, 15) is 18.9 Å². The minimum absolute atomic E-state index is 0.0926. The molecule has 1 aliphatic heterocycles. The monoisotopic (exact) mass is 518 g/mol. The van der Waals surface area contributed by atoms with Crippen LogP contribution in [0.5, 0.6) is 0 Å². The molecule has 2 aromatic carbocycles. The topological polar surface area (TPSA) is 114 Å². The van der Waals surface area contributed by atoms with Crippen LogP contribution in [0.4, 0.5) is 0 Å². The molecule has 0 aliphatic carbocycles. The van der Waals surface area contributed by atoms with Gasteiger partial charge in [0.2, 0.25) is 13.7 Å². The number of esters is 3. The van der Waals surface area contributed by atoms with Crippen LogP contribution in [0.25, 0.3) is 0 Å². The summed E-state index contributed by atoms with van der Waals surface area (Å²) in [5.74, 6) is -2.02. The Bertz CT molecular complexity index is 1040. The van der Waals surface area contributed by atoms with E-state index in [1.54, 1.807) is 6.92 Å². The molecule has 1 saturated heterocycles. The summed E-state index contributed by atoms with van der Waals surface area (Å²) < 4.78 is 42.6. The molecule has 36 heavy (non-hydrogen) atoms. The highest BCUT2D eigenvalue weighted by molar-refractivity contribution is 7.57. The summed E-state index contributed by atoms with van der Waals surface area (Å²) in [6.07, 6.45) is -5.61. The van der Waals surface area contributed by atoms with Gasteiger partial charge in [0.1, 0.15) is 0 Å². The summed E-state index contributed by atoms with van der Waals surface area (Å²) >= 11 is 0. The van der Waals surface area contributed by atoms with Gasteiger partial charge >= 0.3 is 17.9 Å². The van der Waals surface area contributed by atoms with Crippen molar-refractivity contribution >= 4 is 25.3 Å². The maximum absolute atomic E-state index is 14.3. The molecule has 0 aromatic heterocycles. The van der Waals surface area contributed by atoms with E-state index in [2.05, 4.69) is 0 Å². The van der Waals surface area contributed by atoms with Crippen LogP contribution in [-0.2, 0) is 54.7 Å². The van der Waals surface area contributed by atoms with Crippen molar-refractivity contribution in [3.05, 3.63) is 71.8 Å². The Morgan fingerprint density at radius 3 is 1.58 bits per heavy atom. The normalized spacial score (nSPS) is 23.9. The highest BCUT2D eigenvalue weighted by Crippen LogP contribution is 2.55. The number of carbonyl (C=O) groups is 3. The van der Waals surface area contributed by atoms with Crippen molar-refractivity contribution < 1.29 is 42.4 Å². The molecule has 10 heteroatoms. The van der Waals surface area contributed by atoms with E-state index in [0.29, 0.717) is 0 Å². The van der Waals surface area contributed by atoms with Crippen LogP contribution in [-0.4, -0.2) is 48.6 Å². The summed E-state index contributed by atoms with van der Waals surface area (Å²) in [6.45, 7) is 5.16. The Morgan fingerprint density at radius 1 is 0.722 bits per heavy atom. The summed E-state index contributed by atoms with van der Waals surface area (Å²) in [5.41, 5.74) is 1.58. The molecule has 0 spiro atoms. The summed E-state index contributed by atoms with van der Waals surface area (Å²) in [4.78, 5) is 35.6. The van der Waals surface area contributed by atoms with Crippen molar-refractivity contribution in [2.24, 2.45) is 0 Å². The second kappa shape index (κ2) is 12.3. The van der Waals surface area contributed by atoms with Gasteiger partial charge in [-0.05, 0) is 18.1 Å². The van der Waals surface area contributed by atoms with Gasteiger partial charge in [0.05, 0.1) is 18.4 Å². The first-order chi connectivity index (χ1) is 17.1. The Balaban J connectivity index is 1.98. The van der Waals surface area contributed by atoms with Gasteiger partial charge in [-0.1, -0.05) is 60.7 Å². The number of hydrogen-bond donors (Lipinski definition) is 0. The van der Waals surface area contributed by atoms with Gasteiger partial charge < -0.3 is 18.9 Å². The zero-order valence-corrected chi connectivity index (χ0v) is 21.6. The number of benzene rings is 2. The number of rotatable bonds is 9. The van der Waals surface area contributed by atoms with Crippen LogP contribution in [0.3, 0.4) is 0 Å². The average molecular weight is 518 g/mol. The van der Waals surface area contributed by atoms with E-state index >= 15 is 0 Å². The molecule has 2 aromatic rings. The Labute approximate surface area is 210 Å². The van der Waals surface area contributed by atoms with Gasteiger partial charge in [-0.15, -0.1) is 0 Å². The maximum atomic E-state index is 14.3. The summed E-state index contributed by atoms with van der Waals surface area (Å²) in [6, 6.07) is 18.4. The van der Waals surface area contributed by atoms with Crippen molar-refractivity contribution in [3.63, 3.8) is 0 Å². The molecule has 0 bridgehead atoms. The minimum atomic E-state index is -3.51. The second-order valence-electron chi connectivity index (χ2n) is 8.64. The largest absolute Gasteiger partial charge is 0.456 e. The fourth-order valence-corrected chi connectivity index (χ4v) is 6.44. The fourth-order valence-electron chi connectivity index (χ4n) is 4.10. The SMILES string of the molecule is CC(=O)O[C@@H]1[C@@H](OC(C)=O)[C@@H](OC(C)=O)C(OP(=O)(Cc2ccccc2)Cc2ccccc2)O[C@H]1C. The molecule has 9 nitrogen and oxygen atoms in total. The third-order valence-electron chi connectivity index (χ3n) is 5.46. The molecule has 0 N–H and O–H groups in total. The van der Waals surface area contributed by atoms with E-state index in [-0.39, 0.29) is 12.3 Å². The second-order valence-corrected chi connectivity index (χ2v) is 11.1. The highest BCUT2D eigenvalue weighted by atomic mass is 31.2. The first kappa shape index (κ1) is 27.6. The standard InChI is InChI=1S/C26H31O9P/c1-17-23(32-18(2)27)24(33-19(3)28)25(34-20(4)29)26(31-17)35-36(30,15-21-11-7-5-8-12-21)16-22-13-9-6-10-14-22/h5-14,17,23-26H,15-16H2,1-4H3/t17-,23-,24+,25+,26?/m0/s1. The van der Waals surface area contributed by atoms with E-state index in [1.807, 2.05) is 60.7 Å². The Kier molecular flexibility index (Phi) is 9.43. The number of carbonyl (C=O) groups excluding carboxylic acids is 3. The lowest BCUT2D eigenvalue weighted by atomic mass is 9.99. The van der Waals surface area contributed by atoms with Crippen LogP contribution < -0.4 is 0 Å². The van der Waals surface area contributed by atoms with Crippen molar-refractivity contribution in [2.45, 2.75) is 70.7 Å².